The van der Waals surface area contributed by atoms with E-state index in [0.29, 0.717) is 11.8 Å². The number of thioether (sulfide) groups is 1. The van der Waals surface area contributed by atoms with Crippen molar-refractivity contribution in [3.05, 3.63) is 41.5 Å². The quantitative estimate of drug-likeness (QED) is 0.347. The lowest BCUT2D eigenvalue weighted by molar-refractivity contribution is -0.142. The molecule has 2 fully saturated rings. The molecule has 1 aromatic rings. The molecule has 4 N–H and O–H groups in total. The van der Waals surface area contributed by atoms with E-state index in [1.165, 1.54) is 19.1 Å². The van der Waals surface area contributed by atoms with Gasteiger partial charge < -0.3 is 20.4 Å². The predicted octanol–water partition coefficient (Wildman–Crippen LogP) is 0.242. The number of likely N-dealkylation sites (tertiary alicyclic amines) is 1. The molecule has 2 unspecified atom stereocenters. The van der Waals surface area contributed by atoms with Crippen LogP contribution in [-0.4, -0.2) is 55.4 Å². The van der Waals surface area contributed by atoms with Crippen LogP contribution in [0.2, 0.25) is 0 Å². The van der Waals surface area contributed by atoms with Gasteiger partial charge in [-0.15, -0.1) is 0 Å². The van der Waals surface area contributed by atoms with Gasteiger partial charge in [0.1, 0.15) is 5.76 Å². The first-order valence-corrected chi connectivity index (χ1v) is 8.23. The van der Waals surface area contributed by atoms with E-state index in [-0.39, 0.29) is 17.3 Å². The lowest BCUT2D eigenvalue weighted by Gasteiger charge is -2.31. The van der Waals surface area contributed by atoms with Crippen molar-refractivity contribution >= 4 is 40.3 Å². The minimum Gasteiger partial charge on any atom is -0.507 e. The molecule has 130 valence electrons. The first-order chi connectivity index (χ1) is 11.8. The molecule has 0 bridgehead atoms. The Morgan fingerprint density at radius 2 is 1.96 bits per heavy atom. The van der Waals surface area contributed by atoms with Crippen LogP contribution in [-0.2, 0) is 14.4 Å². The summed E-state index contributed by atoms with van der Waals surface area (Å²) in [5.41, 5.74) is -0.127. The van der Waals surface area contributed by atoms with Crippen LogP contribution in [0, 0.1) is 5.41 Å². The summed E-state index contributed by atoms with van der Waals surface area (Å²) in [6.45, 7) is 1.12. The number of carbonyl (C=O) groups excluding carboxylic acids is 3. The predicted molar refractivity (Wildman–Crippen MR) is 90.6 cm³/mol. The molecule has 2 aliphatic rings. The maximum Gasteiger partial charge on any atom is 0.296 e. The third-order valence-electron chi connectivity index (χ3n) is 3.90. The molecule has 2 heterocycles. The zero-order valence-electron chi connectivity index (χ0n) is 13.1. The molecule has 8 nitrogen and oxygen atoms in total. The molecule has 2 atom stereocenters. The summed E-state index contributed by atoms with van der Waals surface area (Å²) in [4.78, 5) is 36.6. The van der Waals surface area contributed by atoms with Gasteiger partial charge >= 0.3 is 0 Å². The van der Waals surface area contributed by atoms with Crippen LogP contribution in [0.15, 0.2) is 35.9 Å². The highest BCUT2D eigenvalue weighted by molar-refractivity contribution is 8.16. The smallest absolute Gasteiger partial charge is 0.296 e. The number of amidine groups is 1. The second kappa shape index (κ2) is 6.01. The number of amides is 2. The number of β-amino-alcohol motifs (C(OH)–C–C–N with tert-alkyl or cyclic N) is 1. The third kappa shape index (κ3) is 2.52. The Labute approximate surface area is 147 Å². The van der Waals surface area contributed by atoms with Gasteiger partial charge in [-0.2, -0.15) is 0 Å². The zero-order chi connectivity index (χ0) is 18.4. The van der Waals surface area contributed by atoms with Crippen molar-refractivity contribution < 1.29 is 24.6 Å². The fourth-order valence-electron chi connectivity index (χ4n) is 2.90. The number of nitrogens with one attached hydrogen (secondary N) is 2. The van der Waals surface area contributed by atoms with Crippen LogP contribution in [0.3, 0.4) is 0 Å². The number of Topliss-reactive ketones (excluding diaryl/α,β-unsaturated/α-hetero) is 1. The van der Waals surface area contributed by atoms with Crippen molar-refractivity contribution in [3.8, 4) is 0 Å². The van der Waals surface area contributed by atoms with E-state index < -0.39 is 39.9 Å². The Morgan fingerprint density at radius 3 is 2.48 bits per heavy atom. The molecular formula is C16H15N3O5S. The highest BCUT2D eigenvalue weighted by Gasteiger charge is 2.65. The number of benzene rings is 1. The minimum atomic E-state index is -1.90. The highest BCUT2D eigenvalue weighted by Crippen LogP contribution is 2.48. The lowest BCUT2D eigenvalue weighted by Crippen LogP contribution is -2.52. The largest absolute Gasteiger partial charge is 0.507 e. The number of hydrogen-bond donors (Lipinski definition) is 4. The summed E-state index contributed by atoms with van der Waals surface area (Å²) in [7, 11) is 0. The normalized spacial score (nSPS) is 26.4. The summed E-state index contributed by atoms with van der Waals surface area (Å²) < 4.78 is 0. The standard InChI is InChI=1S/C16H15N3O5S/c1-8(20)7-19-13(23)12(22)10(11(21)9-5-3-2-4-6-9)16(19)14(24)18-15(17)25-16/h2-6,8,20-21H,7H2,1H3,(H2,17,18,24)/b11-10-. The second-order valence-corrected chi connectivity index (χ2v) is 6.92. The van der Waals surface area contributed by atoms with E-state index in [9.17, 15) is 24.6 Å². The van der Waals surface area contributed by atoms with E-state index in [0.717, 1.165) is 4.90 Å². The van der Waals surface area contributed by atoms with Crippen molar-refractivity contribution in [1.29, 1.82) is 5.41 Å². The number of hydrogen-bond acceptors (Lipinski definition) is 7. The summed E-state index contributed by atoms with van der Waals surface area (Å²) in [6, 6.07) is 8.06. The van der Waals surface area contributed by atoms with Crippen molar-refractivity contribution in [2.45, 2.75) is 17.9 Å². The van der Waals surface area contributed by atoms with Crippen LogP contribution < -0.4 is 5.32 Å². The van der Waals surface area contributed by atoms with Gasteiger partial charge in [0.05, 0.1) is 11.7 Å². The summed E-state index contributed by atoms with van der Waals surface area (Å²) in [5, 5.41) is 30.1. The highest BCUT2D eigenvalue weighted by atomic mass is 32.2. The molecular weight excluding hydrogens is 346 g/mol. The van der Waals surface area contributed by atoms with Gasteiger partial charge in [-0.05, 0) is 18.7 Å². The van der Waals surface area contributed by atoms with Gasteiger partial charge in [0, 0.05) is 12.1 Å². The van der Waals surface area contributed by atoms with Gasteiger partial charge in [0.25, 0.3) is 17.6 Å². The van der Waals surface area contributed by atoms with Crippen LogP contribution in [0.1, 0.15) is 12.5 Å². The van der Waals surface area contributed by atoms with Crippen LogP contribution in [0.5, 0.6) is 0 Å². The Bertz CT molecular complexity index is 820. The van der Waals surface area contributed by atoms with Crippen LogP contribution in [0.25, 0.3) is 5.76 Å². The summed E-state index contributed by atoms with van der Waals surface area (Å²) in [6.07, 6.45) is -1.00. The third-order valence-corrected chi connectivity index (χ3v) is 5.11. The average molecular weight is 361 g/mol. The van der Waals surface area contributed by atoms with E-state index in [1.54, 1.807) is 18.2 Å². The number of carbonyl (C=O) groups is 3. The Kier molecular flexibility index (Phi) is 4.13. The second-order valence-electron chi connectivity index (χ2n) is 5.71. The topological polar surface area (TPSA) is 131 Å². The summed E-state index contributed by atoms with van der Waals surface area (Å²) in [5.74, 6) is -3.31. The molecule has 1 aromatic carbocycles. The Hall–Kier alpha value is -2.65. The molecule has 2 saturated heterocycles. The molecule has 0 aromatic heterocycles. The van der Waals surface area contributed by atoms with Gasteiger partial charge in [0.2, 0.25) is 4.87 Å². The minimum absolute atomic E-state index is 0.249. The molecule has 0 saturated carbocycles. The first-order valence-electron chi connectivity index (χ1n) is 7.41. The van der Waals surface area contributed by atoms with Crippen LogP contribution in [0.4, 0.5) is 0 Å². The molecule has 9 heteroatoms. The number of ketones is 1. The maximum atomic E-state index is 12.6. The molecule has 3 rings (SSSR count). The van der Waals surface area contributed by atoms with Crippen LogP contribution >= 0.6 is 11.8 Å². The fourth-order valence-corrected chi connectivity index (χ4v) is 4.04. The SMILES string of the molecule is CC(O)CN1C(=O)C(=O)/C(=C(/O)c2ccccc2)C12SC(=N)NC2=O. The lowest BCUT2D eigenvalue weighted by atomic mass is 9.99. The zero-order valence-corrected chi connectivity index (χ0v) is 14.0. The molecule has 1 spiro atoms. The van der Waals surface area contributed by atoms with Crippen molar-refractivity contribution in [3.63, 3.8) is 0 Å². The maximum absolute atomic E-state index is 12.6. The first kappa shape index (κ1) is 17.2. The molecule has 0 radical (unpaired) electrons. The van der Waals surface area contributed by atoms with Gasteiger partial charge in [-0.3, -0.25) is 19.8 Å². The number of rotatable bonds is 3. The van der Waals surface area contributed by atoms with Gasteiger partial charge in [-0.25, -0.2) is 0 Å². The molecule has 2 aliphatic heterocycles. The monoisotopic (exact) mass is 361 g/mol. The van der Waals surface area contributed by atoms with E-state index >= 15 is 0 Å². The van der Waals surface area contributed by atoms with Crippen molar-refractivity contribution in [2.75, 3.05) is 6.54 Å². The molecule has 25 heavy (non-hydrogen) atoms. The summed E-state index contributed by atoms with van der Waals surface area (Å²) >= 11 is 0.650. The van der Waals surface area contributed by atoms with E-state index in [4.69, 9.17) is 5.41 Å². The van der Waals surface area contributed by atoms with Crippen molar-refractivity contribution in [1.82, 2.24) is 10.2 Å². The number of aliphatic hydroxyl groups is 2. The molecule has 0 aliphatic carbocycles. The number of aliphatic hydroxyl groups excluding tert-OH is 2. The van der Waals surface area contributed by atoms with Gasteiger partial charge in [0.15, 0.2) is 5.17 Å². The fraction of sp³-hybridized carbons (Fsp3) is 0.250. The average Bonchev–Trinajstić information content (AvgIpc) is 2.96. The Balaban J connectivity index is 2.26. The van der Waals surface area contributed by atoms with E-state index in [1.807, 2.05) is 0 Å². The van der Waals surface area contributed by atoms with Gasteiger partial charge in [-0.1, -0.05) is 30.3 Å². The molecule has 2 amide bonds. The van der Waals surface area contributed by atoms with E-state index in [2.05, 4.69) is 5.32 Å². The Morgan fingerprint density at radius 1 is 1.32 bits per heavy atom. The van der Waals surface area contributed by atoms with Crippen molar-refractivity contribution in [2.24, 2.45) is 0 Å². The number of nitrogens with zero attached hydrogens (tertiary/aromatic N) is 1.